The third-order valence-corrected chi connectivity index (χ3v) is 5.64. The number of ether oxygens (including phenoxy) is 3. The molecule has 1 aliphatic carbocycles. The van der Waals surface area contributed by atoms with E-state index in [9.17, 15) is 4.79 Å². The third-order valence-electron chi connectivity index (χ3n) is 5.64. The molecule has 0 spiro atoms. The minimum atomic E-state index is -0.568. The molecule has 2 aromatic carbocycles. The van der Waals surface area contributed by atoms with Crippen LogP contribution in [0, 0.1) is 5.92 Å². The summed E-state index contributed by atoms with van der Waals surface area (Å²) in [5, 5.41) is 1.84. The van der Waals surface area contributed by atoms with Gasteiger partial charge >= 0.3 is 5.97 Å². The highest BCUT2D eigenvalue weighted by Gasteiger charge is 2.34. The fourth-order valence-corrected chi connectivity index (χ4v) is 3.82. The predicted octanol–water partition coefficient (Wildman–Crippen LogP) is 4.84. The second-order valence-corrected chi connectivity index (χ2v) is 7.67. The molecule has 6 nitrogen and oxygen atoms in total. The molecule has 156 valence electrons. The molecule has 0 N–H and O–H groups in total. The number of rotatable bonds is 6. The standard InChI is InChI=1S/C25H22N2O4/c1-29-22-13-19-18(9-11-27-21(19)14-23(22)30-2)24(31-25(28)15-5-6-15)17-7-8-20-16(12-17)4-3-10-26-20/h3-4,7-15,24H,5-6H2,1-2H3. The first kappa shape index (κ1) is 19.3. The number of carbonyl (C=O) groups excluding carboxylic acids is 1. The molecule has 4 aromatic rings. The van der Waals surface area contributed by atoms with Gasteiger partial charge in [-0.2, -0.15) is 0 Å². The number of methoxy groups -OCH3 is 2. The monoisotopic (exact) mass is 414 g/mol. The normalized spacial score (nSPS) is 14.4. The lowest BCUT2D eigenvalue weighted by Gasteiger charge is -2.21. The molecule has 1 fully saturated rings. The number of carbonyl (C=O) groups is 1. The summed E-state index contributed by atoms with van der Waals surface area (Å²) in [7, 11) is 3.19. The number of nitrogens with zero attached hydrogens (tertiary/aromatic N) is 2. The zero-order valence-corrected chi connectivity index (χ0v) is 17.4. The number of esters is 1. The highest BCUT2D eigenvalue weighted by Crippen LogP contribution is 2.39. The predicted molar refractivity (Wildman–Crippen MR) is 117 cm³/mol. The van der Waals surface area contributed by atoms with Crippen molar-refractivity contribution >= 4 is 27.8 Å². The fraction of sp³-hybridized carbons (Fsp3) is 0.240. The van der Waals surface area contributed by atoms with Crippen molar-refractivity contribution in [1.82, 2.24) is 9.97 Å². The molecule has 1 saturated carbocycles. The second-order valence-electron chi connectivity index (χ2n) is 7.67. The molecule has 6 heteroatoms. The molecule has 0 aliphatic heterocycles. The van der Waals surface area contributed by atoms with Crippen LogP contribution in [0.25, 0.3) is 21.8 Å². The van der Waals surface area contributed by atoms with Crippen molar-refractivity contribution in [1.29, 1.82) is 0 Å². The van der Waals surface area contributed by atoms with Gasteiger partial charge in [-0.3, -0.25) is 14.8 Å². The van der Waals surface area contributed by atoms with Gasteiger partial charge in [0.05, 0.1) is 31.2 Å². The van der Waals surface area contributed by atoms with E-state index in [4.69, 9.17) is 14.2 Å². The topological polar surface area (TPSA) is 70.5 Å². The van der Waals surface area contributed by atoms with Gasteiger partial charge in [-0.05, 0) is 48.7 Å². The van der Waals surface area contributed by atoms with Crippen molar-refractivity contribution < 1.29 is 19.0 Å². The van der Waals surface area contributed by atoms with Crippen LogP contribution in [0.2, 0.25) is 0 Å². The van der Waals surface area contributed by atoms with E-state index in [1.54, 1.807) is 26.6 Å². The summed E-state index contributed by atoms with van der Waals surface area (Å²) < 4.78 is 17.0. The van der Waals surface area contributed by atoms with Crippen molar-refractivity contribution in [2.75, 3.05) is 14.2 Å². The van der Waals surface area contributed by atoms with Crippen LogP contribution in [0.3, 0.4) is 0 Å². The van der Waals surface area contributed by atoms with Gasteiger partial charge in [0, 0.05) is 34.8 Å². The molecule has 0 saturated heterocycles. The largest absolute Gasteiger partial charge is 0.493 e. The maximum absolute atomic E-state index is 12.7. The Morgan fingerprint density at radius 1 is 0.935 bits per heavy atom. The van der Waals surface area contributed by atoms with E-state index < -0.39 is 6.10 Å². The van der Waals surface area contributed by atoms with Crippen LogP contribution in [-0.4, -0.2) is 30.2 Å². The molecular weight excluding hydrogens is 392 g/mol. The zero-order valence-electron chi connectivity index (χ0n) is 17.4. The van der Waals surface area contributed by atoms with Crippen molar-refractivity contribution in [2.45, 2.75) is 18.9 Å². The van der Waals surface area contributed by atoms with Gasteiger partial charge in [-0.1, -0.05) is 12.1 Å². The fourth-order valence-electron chi connectivity index (χ4n) is 3.82. The van der Waals surface area contributed by atoms with Gasteiger partial charge in [0.25, 0.3) is 0 Å². The minimum Gasteiger partial charge on any atom is -0.493 e. The molecule has 0 radical (unpaired) electrons. The van der Waals surface area contributed by atoms with E-state index in [1.807, 2.05) is 48.5 Å². The lowest BCUT2D eigenvalue weighted by atomic mass is 9.96. The summed E-state index contributed by atoms with van der Waals surface area (Å²) in [5.41, 5.74) is 3.37. The van der Waals surface area contributed by atoms with Gasteiger partial charge in [0.2, 0.25) is 0 Å². The van der Waals surface area contributed by atoms with Crippen LogP contribution in [0.4, 0.5) is 0 Å². The average molecular weight is 414 g/mol. The number of benzene rings is 2. The number of pyridine rings is 2. The maximum atomic E-state index is 12.7. The SMILES string of the molecule is COc1cc2nccc(C(OC(=O)C3CC3)c3ccc4ncccc4c3)c2cc1OC. The molecule has 31 heavy (non-hydrogen) atoms. The Bertz CT molecular complexity index is 1280. The first-order chi connectivity index (χ1) is 15.2. The molecule has 2 heterocycles. The lowest BCUT2D eigenvalue weighted by molar-refractivity contribution is -0.149. The first-order valence-corrected chi connectivity index (χ1v) is 10.2. The van der Waals surface area contributed by atoms with E-state index in [1.165, 1.54) is 0 Å². The summed E-state index contributed by atoms with van der Waals surface area (Å²) in [6.07, 6.45) is 4.69. The molecular formula is C25H22N2O4. The van der Waals surface area contributed by atoms with Gasteiger partial charge in [0.1, 0.15) is 0 Å². The van der Waals surface area contributed by atoms with Gasteiger partial charge in [0.15, 0.2) is 17.6 Å². The summed E-state index contributed by atoms with van der Waals surface area (Å²) in [6.45, 7) is 0. The second kappa shape index (κ2) is 7.87. The average Bonchev–Trinajstić information content (AvgIpc) is 3.66. The molecule has 2 aromatic heterocycles. The van der Waals surface area contributed by atoms with E-state index in [2.05, 4.69) is 9.97 Å². The number of aromatic nitrogens is 2. The van der Waals surface area contributed by atoms with E-state index >= 15 is 0 Å². The first-order valence-electron chi connectivity index (χ1n) is 10.2. The Morgan fingerprint density at radius 3 is 2.48 bits per heavy atom. The van der Waals surface area contributed by atoms with Crippen LogP contribution >= 0.6 is 0 Å². The maximum Gasteiger partial charge on any atom is 0.309 e. The Kier molecular flexibility index (Phi) is 4.90. The van der Waals surface area contributed by atoms with Gasteiger partial charge < -0.3 is 14.2 Å². The molecule has 0 bridgehead atoms. The Hall–Kier alpha value is -3.67. The Labute approximate surface area is 179 Å². The van der Waals surface area contributed by atoms with Crippen LogP contribution in [0.1, 0.15) is 30.1 Å². The minimum absolute atomic E-state index is 0.00708. The van der Waals surface area contributed by atoms with Crippen molar-refractivity contribution in [3.63, 3.8) is 0 Å². The Morgan fingerprint density at radius 2 is 1.71 bits per heavy atom. The molecule has 1 unspecified atom stereocenters. The van der Waals surface area contributed by atoms with Crippen LogP contribution in [-0.2, 0) is 9.53 Å². The van der Waals surface area contributed by atoms with Crippen molar-refractivity contribution in [3.8, 4) is 11.5 Å². The molecule has 0 amide bonds. The number of fused-ring (bicyclic) bond motifs is 2. The highest BCUT2D eigenvalue weighted by molar-refractivity contribution is 5.87. The third kappa shape index (κ3) is 3.65. The van der Waals surface area contributed by atoms with Gasteiger partial charge in [-0.15, -0.1) is 0 Å². The lowest BCUT2D eigenvalue weighted by Crippen LogP contribution is -2.14. The summed E-state index contributed by atoms with van der Waals surface area (Å²) in [6, 6.07) is 15.5. The van der Waals surface area contributed by atoms with Crippen LogP contribution < -0.4 is 9.47 Å². The van der Waals surface area contributed by atoms with Crippen LogP contribution in [0.15, 0.2) is 60.9 Å². The molecule has 5 rings (SSSR count). The quantitative estimate of drug-likeness (QED) is 0.420. The van der Waals surface area contributed by atoms with E-state index in [-0.39, 0.29) is 11.9 Å². The van der Waals surface area contributed by atoms with Crippen molar-refractivity contribution in [2.24, 2.45) is 5.92 Å². The highest BCUT2D eigenvalue weighted by atomic mass is 16.5. The molecule has 1 atom stereocenters. The molecule has 1 aliphatic rings. The summed E-state index contributed by atoms with van der Waals surface area (Å²) >= 11 is 0. The van der Waals surface area contributed by atoms with Gasteiger partial charge in [-0.25, -0.2) is 0 Å². The van der Waals surface area contributed by atoms with E-state index in [0.717, 1.165) is 45.8 Å². The summed E-state index contributed by atoms with van der Waals surface area (Å²) in [5.74, 6) is 1.02. The Balaban J connectivity index is 1.68. The van der Waals surface area contributed by atoms with Crippen molar-refractivity contribution in [3.05, 3.63) is 72.1 Å². The van der Waals surface area contributed by atoms with Crippen LogP contribution in [0.5, 0.6) is 11.5 Å². The number of hydrogen-bond acceptors (Lipinski definition) is 6. The smallest absolute Gasteiger partial charge is 0.309 e. The number of hydrogen-bond donors (Lipinski definition) is 0. The zero-order chi connectivity index (χ0) is 21.4. The summed E-state index contributed by atoms with van der Waals surface area (Å²) in [4.78, 5) is 21.6. The van der Waals surface area contributed by atoms with E-state index in [0.29, 0.717) is 11.5 Å².